The zero-order valence-corrected chi connectivity index (χ0v) is 14.4. The number of fused-ring (bicyclic) bond motifs is 1. The minimum Gasteiger partial charge on any atom is -0.487 e. The third-order valence-electron chi connectivity index (χ3n) is 4.97. The summed E-state index contributed by atoms with van der Waals surface area (Å²) in [6.07, 6.45) is 5.52. The van der Waals surface area contributed by atoms with Gasteiger partial charge in [0, 0.05) is 17.6 Å². The van der Waals surface area contributed by atoms with E-state index in [1.807, 2.05) is 36.4 Å². The zero-order valence-electron chi connectivity index (χ0n) is 14.4. The summed E-state index contributed by atoms with van der Waals surface area (Å²) in [7, 11) is 0. The fraction of sp³-hybridized carbons (Fsp3) is 0.318. The Labute approximate surface area is 149 Å². The number of benzene rings is 2. The number of hydrogen-bond donors (Lipinski definition) is 1. The van der Waals surface area contributed by atoms with Crippen molar-refractivity contribution in [3.63, 3.8) is 0 Å². The zero-order chi connectivity index (χ0) is 16.9. The Balaban J connectivity index is 1.32. The number of nitrogens with zero attached hydrogens (tertiary/aromatic N) is 1. The van der Waals surface area contributed by atoms with Crippen molar-refractivity contribution >= 4 is 16.6 Å². The molecule has 2 aromatic carbocycles. The number of pyridine rings is 1. The van der Waals surface area contributed by atoms with E-state index in [9.17, 15) is 0 Å². The molecule has 4 rings (SSSR count). The van der Waals surface area contributed by atoms with Crippen LogP contribution in [0.5, 0.6) is 5.75 Å². The quantitative estimate of drug-likeness (QED) is 0.655. The van der Waals surface area contributed by atoms with E-state index in [4.69, 9.17) is 4.74 Å². The van der Waals surface area contributed by atoms with Gasteiger partial charge in [0.15, 0.2) is 0 Å². The Morgan fingerprint density at radius 1 is 0.920 bits per heavy atom. The van der Waals surface area contributed by atoms with Crippen molar-refractivity contribution in [2.45, 2.75) is 32.3 Å². The molecule has 0 aliphatic heterocycles. The maximum atomic E-state index is 5.88. The van der Waals surface area contributed by atoms with Crippen molar-refractivity contribution in [1.29, 1.82) is 0 Å². The maximum absolute atomic E-state index is 5.88. The van der Waals surface area contributed by atoms with Crippen molar-refractivity contribution in [2.75, 3.05) is 11.9 Å². The van der Waals surface area contributed by atoms with Crippen LogP contribution in [0.25, 0.3) is 10.9 Å². The van der Waals surface area contributed by atoms with Gasteiger partial charge in [-0.05, 0) is 55.2 Å². The lowest BCUT2D eigenvalue weighted by Crippen LogP contribution is -2.10. The van der Waals surface area contributed by atoms with E-state index in [1.54, 1.807) is 0 Å². The van der Waals surface area contributed by atoms with Crippen molar-refractivity contribution in [3.05, 3.63) is 66.4 Å². The van der Waals surface area contributed by atoms with Crippen LogP contribution in [0.3, 0.4) is 0 Å². The molecule has 1 aromatic heterocycles. The fourth-order valence-electron chi connectivity index (χ4n) is 3.49. The molecule has 1 heterocycles. The Hall–Kier alpha value is -2.55. The van der Waals surface area contributed by atoms with Crippen LogP contribution >= 0.6 is 0 Å². The average molecular weight is 332 g/mol. The van der Waals surface area contributed by atoms with Crippen molar-refractivity contribution < 1.29 is 4.74 Å². The summed E-state index contributed by atoms with van der Waals surface area (Å²) < 4.78 is 5.88. The van der Waals surface area contributed by atoms with Crippen LogP contribution in [0.4, 0.5) is 5.69 Å². The Kier molecular flexibility index (Phi) is 4.82. The molecule has 1 aliphatic rings. The van der Waals surface area contributed by atoms with Gasteiger partial charge < -0.3 is 10.1 Å². The summed E-state index contributed by atoms with van der Waals surface area (Å²) in [4.78, 5) is 4.64. The molecule has 0 saturated heterocycles. The van der Waals surface area contributed by atoms with Crippen LogP contribution in [0.15, 0.2) is 60.7 Å². The lowest BCUT2D eigenvalue weighted by Gasteiger charge is -2.12. The molecule has 3 nitrogen and oxygen atoms in total. The molecule has 25 heavy (non-hydrogen) atoms. The van der Waals surface area contributed by atoms with E-state index in [1.165, 1.54) is 31.4 Å². The SMILES string of the molecule is c1ccc2nc(COc3ccc(NCC4CCCC4)cc3)ccc2c1. The number of para-hydroxylation sites is 1. The Morgan fingerprint density at radius 2 is 1.72 bits per heavy atom. The summed E-state index contributed by atoms with van der Waals surface area (Å²) in [6, 6.07) is 20.5. The van der Waals surface area contributed by atoms with Gasteiger partial charge in [0.1, 0.15) is 12.4 Å². The van der Waals surface area contributed by atoms with E-state index >= 15 is 0 Å². The molecule has 0 radical (unpaired) electrons. The molecule has 1 fully saturated rings. The fourth-order valence-corrected chi connectivity index (χ4v) is 3.49. The highest BCUT2D eigenvalue weighted by Gasteiger charge is 2.14. The number of anilines is 1. The standard InChI is InChI=1S/C22H24N2O/c1-2-6-17(5-1)15-23-19-11-13-21(14-12-19)25-16-20-10-9-18-7-3-4-8-22(18)24-20/h3-4,7-14,17,23H,1-2,5-6,15-16H2. The first-order valence-electron chi connectivity index (χ1n) is 9.18. The molecule has 128 valence electrons. The van der Waals surface area contributed by atoms with Crippen LogP contribution in [-0.2, 0) is 6.61 Å². The minimum absolute atomic E-state index is 0.486. The number of rotatable bonds is 6. The summed E-state index contributed by atoms with van der Waals surface area (Å²) in [6.45, 7) is 1.57. The second kappa shape index (κ2) is 7.56. The maximum Gasteiger partial charge on any atom is 0.130 e. The third kappa shape index (κ3) is 4.11. The molecule has 0 atom stereocenters. The first-order chi connectivity index (χ1) is 12.4. The van der Waals surface area contributed by atoms with Gasteiger partial charge in [0.2, 0.25) is 0 Å². The van der Waals surface area contributed by atoms with Crippen LogP contribution in [0.2, 0.25) is 0 Å². The van der Waals surface area contributed by atoms with Gasteiger partial charge in [-0.25, -0.2) is 4.98 Å². The van der Waals surface area contributed by atoms with Crippen LogP contribution in [0.1, 0.15) is 31.4 Å². The molecule has 1 aliphatic carbocycles. The number of aromatic nitrogens is 1. The van der Waals surface area contributed by atoms with E-state index in [2.05, 4.69) is 34.6 Å². The lowest BCUT2D eigenvalue weighted by molar-refractivity contribution is 0.302. The Morgan fingerprint density at radius 3 is 2.56 bits per heavy atom. The monoisotopic (exact) mass is 332 g/mol. The average Bonchev–Trinajstić information content (AvgIpc) is 3.19. The highest BCUT2D eigenvalue weighted by molar-refractivity contribution is 5.78. The molecule has 3 aromatic rings. The number of hydrogen-bond acceptors (Lipinski definition) is 3. The Bertz CT molecular complexity index is 823. The normalized spacial score (nSPS) is 14.7. The highest BCUT2D eigenvalue weighted by Crippen LogP contribution is 2.25. The van der Waals surface area contributed by atoms with Gasteiger partial charge in [0.25, 0.3) is 0 Å². The molecule has 0 bridgehead atoms. The van der Waals surface area contributed by atoms with Gasteiger partial charge in [0.05, 0.1) is 11.2 Å². The summed E-state index contributed by atoms with van der Waals surface area (Å²) in [5, 5.41) is 4.70. The first-order valence-corrected chi connectivity index (χ1v) is 9.18. The van der Waals surface area contributed by atoms with Crippen molar-refractivity contribution in [1.82, 2.24) is 4.98 Å². The second-order valence-corrected chi connectivity index (χ2v) is 6.84. The number of nitrogens with one attached hydrogen (secondary N) is 1. The lowest BCUT2D eigenvalue weighted by atomic mass is 10.1. The predicted octanol–water partition coefficient (Wildman–Crippen LogP) is 5.42. The summed E-state index contributed by atoms with van der Waals surface area (Å²) in [5.74, 6) is 1.72. The van der Waals surface area contributed by atoms with Gasteiger partial charge in [-0.2, -0.15) is 0 Å². The molecule has 3 heteroatoms. The number of ether oxygens (including phenoxy) is 1. The van der Waals surface area contributed by atoms with Crippen molar-refractivity contribution in [3.8, 4) is 5.75 Å². The van der Waals surface area contributed by atoms with E-state index in [0.29, 0.717) is 6.61 Å². The molecule has 1 saturated carbocycles. The minimum atomic E-state index is 0.486. The largest absolute Gasteiger partial charge is 0.487 e. The smallest absolute Gasteiger partial charge is 0.130 e. The first kappa shape index (κ1) is 15.9. The summed E-state index contributed by atoms with van der Waals surface area (Å²) >= 11 is 0. The summed E-state index contributed by atoms with van der Waals surface area (Å²) in [5.41, 5.74) is 3.13. The van der Waals surface area contributed by atoms with Gasteiger partial charge in [-0.1, -0.05) is 37.1 Å². The topological polar surface area (TPSA) is 34.1 Å². The van der Waals surface area contributed by atoms with E-state index < -0.39 is 0 Å². The van der Waals surface area contributed by atoms with Gasteiger partial charge in [-0.3, -0.25) is 0 Å². The molecular weight excluding hydrogens is 308 g/mol. The van der Waals surface area contributed by atoms with Crippen LogP contribution in [0, 0.1) is 5.92 Å². The predicted molar refractivity (Wildman–Crippen MR) is 103 cm³/mol. The molecule has 1 N–H and O–H groups in total. The van der Waals surface area contributed by atoms with Gasteiger partial charge in [-0.15, -0.1) is 0 Å². The van der Waals surface area contributed by atoms with Gasteiger partial charge >= 0.3 is 0 Å². The molecule has 0 spiro atoms. The van der Waals surface area contributed by atoms with Crippen molar-refractivity contribution in [2.24, 2.45) is 5.92 Å². The van der Waals surface area contributed by atoms with E-state index in [-0.39, 0.29) is 0 Å². The molecule has 0 unspecified atom stereocenters. The third-order valence-corrected chi connectivity index (χ3v) is 4.97. The van der Waals surface area contributed by atoms with E-state index in [0.717, 1.165) is 34.8 Å². The van der Waals surface area contributed by atoms with Crippen LogP contribution < -0.4 is 10.1 Å². The highest BCUT2D eigenvalue weighted by atomic mass is 16.5. The second-order valence-electron chi connectivity index (χ2n) is 6.84. The van der Waals surface area contributed by atoms with Crippen LogP contribution in [-0.4, -0.2) is 11.5 Å². The molecular formula is C22H24N2O. The molecule has 0 amide bonds.